The minimum absolute atomic E-state index is 0.106. The lowest BCUT2D eigenvalue weighted by Crippen LogP contribution is -2.24. The van der Waals surface area contributed by atoms with Gasteiger partial charge in [0.2, 0.25) is 11.8 Å². The second-order valence-electron chi connectivity index (χ2n) is 6.78. The molecule has 0 unspecified atom stereocenters. The van der Waals surface area contributed by atoms with Crippen LogP contribution < -0.4 is 21.8 Å². The molecule has 1 aliphatic carbocycles. The zero-order valence-corrected chi connectivity index (χ0v) is 15.2. The average Bonchev–Trinajstić information content (AvgIpc) is 3.34. The van der Waals surface area contributed by atoms with Crippen LogP contribution in [0.2, 0.25) is 0 Å². The van der Waals surface area contributed by atoms with Crippen LogP contribution in [0.3, 0.4) is 0 Å². The summed E-state index contributed by atoms with van der Waals surface area (Å²) in [6.07, 6.45) is 4.86. The van der Waals surface area contributed by atoms with Crippen LogP contribution in [0.5, 0.6) is 5.88 Å². The summed E-state index contributed by atoms with van der Waals surface area (Å²) in [6, 6.07) is 3.48. The quantitative estimate of drug-likeness (QED) is 0.385. The number of anilines is 2. The zero-order chi connectivity index (χ0) is 20.8. The van der Waals surface area contributed by atoms with Crippen LogP contribution >= 0.6 is 0 Å². The van der Waals surface area contributed by atoms with Crippen LogP contribution in [0.25, 0.3) is 11.7 Å². The molecule has 1 aliphatic rings. The number of aromatic hydroxyl groups is 1. The van der Waals surface area contributed by atoms with Crippen molar-refractivity contribution < 1.29 is 13.9 Å². The lowest BCUT2D eigenvalue weighted by atomic mass is 10.3. The van der Waals surface area contributed by atoms with Crippen molar-refractivity contribution in [1.82, 2.24) is 29.5 Å². The standard InChI is InChI=1S/C18H14F2N8O2/c19-11-4-3-10(6-12(11)20)22-16-25-14-8(5-13-15(29)26-18(30)24-13)7-21-28(14)17(27-16)23-9-1-2-9/h3-7,9,29H,1-2H2,(H,22,23,27)(H2,24,26,30). The van der Waals surface area contributed by atoms with Gasteiger partial charge in [0, 0.05) is 17.0 Å². The van der Waals surface area contributed by atoms with Gasteiger partial charge in [0.25, 0.3) is 5.62 Å². The highest BCUT2D eigenvalue weighted by atomic mass is 19.2. The fourth-order valence-corrected chi connectivity index (χ4v) is 2.84. The van der Waals surface area contributed by atoms with Crippen molar-refractivity contribution in [2.24, 2.45) is 4.99 Å². The fourth-order valence-electron chi connectivity index (χ4n) is 2.84. The van der Waals surface area contributed by atoms with Gasteiger partial charge < -0.3 is 15.4 Å². The molecular formula is C18H14F2N8O2. The number of aromatic nitrogens is 6. The maximum atomic E-state index is 13.5. The highest BCUT2D eigenvalue weighted by Crippen LogP contribution is 2.22. The molecule has 30 heavy (non-hydrogen) atoms. The molecule has 0 atom stereocenters. The molecule has 12 heteroatoms. The number of aromatic amines is 2. The molecule has 0 radical (unpaired) electrons. The molecule has 0 saturated heterocycles. The Morgan fingerprint density at radius 2 is 2.07 bits per heavy atom. The van der Waals surface area contributed by atoms with Crippen molar-refractivity contribution in [3.8, 4) is 5.88 Å². The third-order valence-corrected chi connectivity index (χ3v) is 4.43. The SMILES string of the molecule is O=c1[nH]c(O)c(C=c2cnn3c(=NC4CC4)nc(Nc4ccc(F)c(F)c4)nc23)[nH]1. The van der Waals surface area contributed by atoms with Gasteiger partial charge in [0.15, 0.2) is 17.3 Å². The fraction of sp³-hybridized carbons (Fsp3) is 0.167. The van der Waals surface area contributed by atoms with Gasteiger partial charge in [0.05, 0.1) is 12.2 Å². The van der Waals surface area contributed by atoms with E-state index in [1.165, 1.54) is 22.9 Å². The minimum atomic E-state index is -1.01. The summed E-state index contributed by atoms with van der Waals surface area (Å²) in [7, 11) is 0. The topological polar surface area (TPSA) is 136 Å². The van der Waals surface area contributed by atoms with E-state index < -0.39 is 17.3 Å². The first-order valence-corrected chi connectivity index (χ1v) is 9.01. The number of benzene rings is 1. The summed E-state index contributed by atoms with van der Waals surface area (Å²) in [5.41, 5.74) is 0.488. The molecule has 10 nitrogen and oxygen atoms in total. The third-order valence-electron chi connectivity index (χ3n) is 4.43. The van der Waals surface area contributed by atoms with Crippen molar-refractivity contribution in [1.29, 1.82) is 0 Å². The number of hydrogen-bond donors (Lipinski definition) is 4. The Hall–Kier alpha value is -4.09. The van der Waals surface area contributed by atoms with E-state index in [0.717, 1.165) is 25.0 Å². The molecule has 4 aromatic rings. The Labute approximate surface area is 165 Å². The summed E-state index contributed by atoms with van der Waals surface area (Å²) in [5, 5.41) is 17.4. The number of fused-ring (bicyclic) bond motifs is 1. The van der Waals surface area contributed by atoms with Crippen molar-refractivity contribution in [2.75, 3.05) is 5.32 Å². The molecule has 0 amide bonds. The first-order chi connectivity index (χ1) is 14.5. The summed E-state index contributed by atoms with van der Waals surface area (Å²) >= 11 is 0. The number of H-pyrrole nitrogens is 2. The molecule has 0 spiro atoms. The van der Waals surface area contributed by atoms with Crippen LogP contribution in [0.4, 0.5) is 20.4 Å². The number of halogens is 2. The van der Waals surface area contributed by atoms with Gasteiger partial charge >= 0.3 is 5.69 Å². The predicted molar refractivity (Wildman–Crippen MR) is 101 cm³/mol. The number of rotatable bonds is 4. The van der Waals surface area contributed by atoms with Gasteiger partial charge in [-0.1, -0.05) is 0 Å². The van der Waals surface area contributed by atoms with Gasteiger partial charge in [-0.2, -0.15) is 19.6 Å². The van der Waals surface area contributed by atoms with Crippen molar-refractivity contribution in [2.45, 2.75) is 18.9 Å². The lowest BCUT2D eigenvalue weighted by molar-refractivity contribution is 0.454. The Balaban J connectivity index is 1.67. The van der Waals surface area contributed by atoms with Crippen LogP contribution in [-0.2, 0) is 0 Å². The number of nitrogens with one attached hydrogen (secondary N) is 3. The van der Waals surface area contributed by atoms with E-state index in [9.17, 15) is 18.7 Å². The Morgan fingerprint density at radius 1 is 1.23 bits per heavy atom. The lowest BCUT2D eigenvalue weighted by Gasteiger charge is -2.05. The van der Waals surface area contributed by atoms with E-state index in [4.69, 9.17) is 0 Å². The molecule has 152 valence electrons. The van der Waals surface area contributed by atoms with Crippen LogP contribution in [0.15, 0.2) is 34.2 Å². The molecule has 1 fully saturated rings. The second kappa shape index (κ2) is 6.76. The highest BCUT2D eigenvalue weighted by molar-refractivity contribution is 5.59. The van der Waals surface area contributed by atoms with Crippen molar-refractivity contribution >= 4 is 23.4 Å². The highest BCUT2D eigenvalue weighted by Gasteiger charge is 2.21. The smallest absolute Gasteiger partial charge is 0.326 e. The predicted octanol–water partition coefficient (Wildman–Crippen LogP) is 0.479. The Morgan fingerprint density at radius 3 is 2.77 bits per heavy atom. The maximum absolute atomic E-state index is 13.5. The summed E-state index contributed by atoms with van der Waals surface area (Å²) < 4.78 is 28.2. The molecule has 1 aromatic carbocycles. The molecule has 3 aromatic heterocycles. The van der Waals surface area contributed by atoms with Gasteiger partial charge in [-0.05, 0) is 31.1 Å². The van der Waals surface area contributed by atoms with Gasteiger partial charge in [-0.25, -0.2) is 18.6 Å². The van der Waals surface area contributed by atoms with E-state index >= 15 is 0 Å². The number of nitrogens with zero attached hydrogens (tertiary/aromatic N) is 5. The van der Waals surface area contributed by atoms with Gasteiger partial charge in [0.1, 0.15) is 5.69 Å². The van der Waals surface area contributed by atoms with Gasteiger partial charge in [-0.15, -0.1) is 0 Å². The largest absolute Gasteiger partial charge is 0.493 e. The van der Waals surface area contributed by atoms with E-state index in [0.29, 0.717) is 16.5 Å². The summed E-state index contributed by atoms with van der Waals surface area (Å²) in [6.45, 7) is 0. The summed E-state index contributed by atoms with van der Waals surface area (Å²) in [5.74, 6) is -2.19. The number of hydrogen-bond acceptors (Lipinski definition) is 7. The van der Waals surface area contributed by atoms with Gasteiger partial charge in [-0.3, -0.25) is 4.98 Å². The normalized spacial score (nSPS) is 15.3. The molecule has 1 saturated carbocycles. The van der Waals surface area contributed by atoms with E-state index in [-0.39, 0.29) is 29.3 Å². The third kappa shape index (κ3) is 3.38. The molecular weight excluding hydrogens is 398 g/mol. The van der Waals surface area contributed by atoms with E-state index in [1.807, 2.05) is 0 Å². The van der Waals surface area contributed by atoms with Crippen molar-refractivity contribution in [3.05, 3.63) is 63.0 Å². The first kappa shape index (κ1) is 18.0. The van der Waals surface area contributed by atoms with Crippen LogP contribution in [0.1, 0.15) is 18.5 Å². The van der Waals surface area contributed by atoms with E-state index in [2.05, 4.69) is 35.3 Å². The minimum Gasteiger partial charge on any atom is -0.493 e. The molecule has 5 rings (SSSR count). The monoisotopic (exact) mass is 412 g/mol. The van der Waals surface area contributed by atoms with E-state index in [1.54, 1.807) is 0 Å². The Bertz CT molecular complexity index is 1450. The van der Waals surface area contributed by atoms with Crippen molar-refractivity contribution in [3.63, 3.8) is 0 Å². The summed E-state index contributed by atoms with van der Waals surface area (Å²) in [4.78, 5) is 29.3. The zero-order valence-electron chi connectivity index (χ0n) is 15.2. The molecule has 0 bridgehead atoms. The second-order valence-corrected chi connectivity index (χ2v) is 6.78. The number of imidazole rings is 1. The molecule has 3 heterocycles. The van der Waals surface area contributed by atoms with Crippen LogP contribution in [0, 0.1) is 11.6 Å². The Kier molecular flexibility index (Phi) is 4.05. The molecule has 4 N–H and O–H groups in total. The van der Waals surface area contributed by atoms with Crippen LogP contribution in [-0.4, -0.2) is 40.7 Å². The first-order valence-electron chi connectivity index (χ1n) is 9.01. The average molecular weight is 412 g/mol. The maximum Gasteiger partial charge on any atom is 0.326 e. The molecule has 0 aliphatic heterocycles.